The maximum Gasteiger partial charge on any atom is 0.280 e. The summed E-state index contributed by atoms with van der Waals surface area (Å²) in [4.78, 5) is 19.9. The average molecular weight is 613 g/mol. The number of anilines is 2. The van der Waals surface area contributed by atoms with Gasteiger partial charge >= 0.3 is 0 Å². The van der Waals surface area contributed by atoms with Gasteiger partial charge in [-0.25, -0.2) is 9.97 Å². The van der Waals surface area contributed by atoms with Gasteiger partial charge in [-0.15, -0.1) is 0 Å². The molecular formula is C30H41ClN8O4. The fourth-order valence-electron chi connectivity index (χ4n) is 4.41. The van der Waals surface area contributed by atoms with Gasteiger partial charge in [-0.3, -0.25) is 15.5 Å². The van der Waals surface area contributed by atoms with Crippen LogP contribution in [0, 0.1) is 5.41 Å². The number of benzene rings is 2. The van der Waals surface area contributed by atoms with Gasteiger partial charge in [-0.05, 0) is 74.3 Å². The van der Waals surface area contributed by atoms with Crippen molar-refractivity contribution in [3.8, 4) is 11.5 Å². The van der Waals surface area contributed by atoms with E-state index in [1.54, 1.807) is 12.1 Å². The van der Waals surface area contributed by atoms with E-state index in [0.717, 1.165) is 38.5 Å². The Hall–Kier alpha value is -4.13. The average Bonchev–Trinajstić information content (AvgIpc) is 2.98. The van der Waals surface area contributed by atoms with Gasteiger partial charge in [0, 0.05) is 19.1 Å². The molecule has 0 radical (unpaired) electrons. The molecule has 43 heavy (non-hydrogen) atoms. The highest BCUT2D eigenvalue weighted by Gasteiger charge is 2.17. The van der Waals surface area contributed by atoms with Crippen LogP contribution in [0.25, 0.3) is 0 Å². The first-order valence-electron chi connectivity index (χ1n) is 14.2. The van der Waals surface area contributed by atoms with E-state index in [2.05, 4.69) is 57.1 Å². The number of halogens is 1. The molecule has 1 heterocycles. The molecule has 0 aliphatic carbocycles. The smallest absolute Gasteiger partial charge is 0.280 e. The van der Waals surface area contributed by atoms with Crippen LogP contribution in [0.2, 0.25) is 5.15 Å². The highest BCUT2D eigenvalue weighted by Crippen LogP contribution is 2.28. The number of aromatic nitrogens is 2. The van der Waals surface area contributed by atoms with Gasteiger partial charge in [-0.1, -0.05) is 41.9 Å². The third-order valence-corrected chi connectivity index (χ3v) is 7.20. The summed E-state index contributed by atoms with van der Waals surface area (Å²) in [5.74, 6) is -0.695. The molecule has 0 fully saturated rings. The van der Waals surface area contributed by atoms with Gasteiger partial charge in [0.2, 0.25) is 0 Å². The number of aromatic hydroxyl groups is 1. The number of hydrogen-bond donors (Lipinski definition) is 8. The van der Waals surface area contributed by atoms with Gasteiger partial charge in [0.1, 0.15) is 0 Å². The molecule has 0 spiro atoms. The van der Waals surface area contributed by atoms with E-state index in [9.17, 15) is 15.0 Å². The standard InChI is InChI=1S/C30H41ClN8O4/c1-18(36-17-23(41)21-13-14-22(40)24(16-21)43-2)6-5-8-20-11-9-19(10-12-20)7-3-4-15-35-30(34)39-29(42)25-27(32)38-28(33)26(31)37-25/h9-14,16,18,23,36,40-41H,3-8,15,17H2,1-2H3,(H4,32,33,38)(H3,34,35,39,42). The Balaban J connectivity index is 1.28. The second kappa shape index (κ2) is 16.5. The number of aliphatic hydroxyl groups excluding tert-OH is 1. The van der Waals surface area contributed by atoms with Crippen LogP contribution in [-0.2, 0) is 12.8 Å². The van der Waals surface area contributed by atoms with Crippen LogP contribution < -0.4 is 32.2 Å². The Morgan fingerprint density at radius 1 is 1.05 bits per heavy atom. The molecule has 13 heteroatoms. The number of nitrogens with one attached hydrogen (secondary N) is 4. The van der Waals surface area contributed by atoms with Gasteiger partial charge in [-0.2, -0.15) is 0 Å². The molecule has 12 nitrogen and oxygen atoms in total. The van der Waals surface area contributed by atoms with Crippen molar-refractivity contribution in [3.63, 3.8) is 0 Å². The summed E-state index contributed by atoms with van der Waals surface area (Å²) in [6, 6.07) is 13.7. The van der Waals surface area contributed by atoms with E-state index in [1.165, 1.54) is 24.3 Å². The van der Waals surface area contributed by atoms with Crippen molar-refractivity contribution in [1.82, 2.24) is 25.9 Å². The number of guanidine groups is 1. The third kappa shape index (κ3) is 10.6. The summed E-state index contributed by atoms with van der Waals surface area (Å²) >= 11 is 5.80. The lowest BCUT2D eigenvalue weighted by molar-refractivity contribution is 0.0971. The van der Waals surface area contributed by atoms with E-state index >= 15 is 0 Å². The summed E-state index contributed by atoms with van der Waals surface area (Å²) < 4.78 is 5.12. The van der Waals surface area contributed by atoms with Crippen molar-refractivity contribution in [2.24, 2.45) is 0 Å². The minimum atomic E-state index is -0.694. The van der Waals surface area contributed by atoms with E-state index in [1.807, 2.05) is 0 Å². The number of ether oxygens (including phenoxy) is 1. The molecule has 0 saturated carbocycles. The first-order chi connectivity index (χ1) is 20.6. The Morgan fingerprint density at radius 3 is 2.40 bits per heavy atom. The number of carbonyl (C=O) groups excluding carboxylic acids is 1. The van der Waals surface area contributed by atoms with Crippen molar-refractivity contribution in [2.45, 2.75) is 57.6 Å². The number of nitrogens with two attached hydrogens (primary N) is 2. The normalized spacial score (nSPS) is 12.4. The van der Waals surface area contributed by atoms with E-state index < -0.39 is 12.0 Å². The molecule has 3 aromatic rings. The largest absolute Gasteiger partial charge is 0.504 e. The zero-order chi connectivity index (χ0) is 31.4. The number of amides is 1. The van der Waals surface area contributed by atoms with Crippen molar-refractivity contribution in [2.75, 3.05) is 31.7 Å². The van der Waals surface area contributed by atoms with Crippen molar-refractivity contribution >= 4 is 35.1 Å². The lowest BCUT2D eigenvalue weighted by Gasteiger charge is -2.18. The number of carbonyl (C=O) groups is 1. The lowest BCUT2D eigenvalue weighted by atomic mass is 10.0. The maximum absolute atomic E-state index is 12.3. The molecule has 0 bridgehead atoms. The highest BCUT2D eigenvalue weighted by molar-refractivity contribution is 6.31. The number of aryl methyl sites for hydroxylation is 2. The predicted octanol–water partition coefficient (Wildman–Crippen LogP) is 3.32. The SMILES string of the molecule is COc1cc(C(O)CNC(C)CCCc2ccc(CCCCNC(=N)NC(=O)c3nc(Cl)c(N)nc3N)cc2)ccc1O. The van der Waals surface area contributed by atoms with Gasteiger partial charge in [0.15, 0.2) is 39.9 Å². The van der Waals surface area contributed by atoms with E-state index in [0.29, 0.717) is 24.4 Å². The van der Waals surface area contributed by atoms with E-state index in [-0.39, 0.29) is 40.2 Å². The number of hydrogen-bond acceptors (Lipinski definition) is 10. The summed E-state index contributed by atoms with van der Waals surface area (Å²) in [5.41, 5.74) is 14.2. The number of aliphatic hydroxyl groups is 1. The maximum atomic E-state index is 12.3. The Morgan fingerprint density at radius 2 is 1.72 bits per heavy atom. The van der Waals surface area contributed by atoms with Crippen LogP contribution in [0.15, 0.2) is 42.5 Å². The Kier molecular flexibility index (Phi) is 12.8. The molecule has 10 N–H and O–H groups in total. The molecule has 1 aromatic heterocycles. The second-order valence-corrected chi connectivity index (χ2v) is 10.7. The molecule has 2 atom stereocenters. The number of nitrogen functional groups attached to an aromatic ring is 2. The van der Waals surface area contributed by atoms with Crippen LogP contribution in [0.3, 0.4) is 0 Å². The fourth-order valence-corrected chi connectivity index (χ4v) is 4.54. The minimum absolute atomic E-state index is 0.0492. The predicted molar refractivity (Wildman–Crippen MR) is 168 cm³/mol. The number of methoxy groups -OCH3 is 1. The summed E-state index contributed by atoms with van der Waals surface area (Å²) in [5, 5.41) is 36.6. The lowest BCUT2D eigenvalue weighted by Crippen LogP contribution is -2.41. The topological polar surface area (TPSA) is 205 Å². The Labute approximate surface area is 256 Å². The molecular weight excluding hydrogens is 572 g/mol. The molecule has 0 saturated heterocycles. The second-order valence-electron chi connectivity index (χ2n) is 10.3. The molecule has 1 amide bonds. The Bertz CT molecular complexity index is 1370. The first kappa shape index (κ1) is 33.4. The quantitative estimate of drug-likeness (QED) is 0.0714. The monoisotopic (exact) mass is 612 g/mol. The summed E-state index contributed by atoms with van der Waals surface area (Å²) in [7, 11) is 1.48. The van der Waals surface area contributed by atoms with Gasteiger partial charge < -0.3 is 37.1 Å². The number of rotatable bonds is 15. The van der Waals surface area contributed by atoms with Crippen LogP contribution in [-0.4, -0.2) is 58.3 Å². The number of phenolic OH excluding ortho intramolecular Hbond substituents is 1. The molecule has 0 aliphatic rings. The fraction of sp³-hybridized carbons (Fsp3) is 0.400. The van der Waals surface area contributed by atoms with E-state index in [4.69, 9.17) is 33.2 Å². The molecule has 3 rings (SSSR count). The van der Waals surface area contributed by atoms with Crippen molar-refractivity contribution in [3.05, 3.63) is 70.0 Å². The van der Waals surface area contributed by atoms with Crippen molar-refractivity contribution < 1.29 is 19.7 Å². The van der Waals surface area contributed by atoms with Crippen LogP contribution in [0.1, 0.15) is 65.9 Å². The first-order valence-corrected chi connectivity index (χ1v) is 14.5. The number of phenols is 1. The van der Waals surface area contributed by atoms with Gasteiger partial charge in [0.05, 0.1) is 13.2 Å². The van der Waals surface area contributed by atoms with Crippen molar-refractivity contribution in [1.29, 1.82) is 5.41 Å². The zero-order valence-electron chi connectivity index (χ0n) is 24.5. The molecule has 232 valence electrons. The zero-order valence-corrected chi connectivity index (χ0v) is 25.2. The minimum Gasteiger partial charge on any atom is -0.504 e. The van der Waals surface area contributed by atoms with Crippen LogP contribution in [0.5, 0.6) is 11.5 Å². The molecule has 2 unspecified atom stereocenters. The molecule has 2 aromatic carbocycles. The number of unbranched alkanes of at least 4 members (excludes halogenated alkanes) is 1. The highest BCUT2D eigenvalue weighted by atomic mass is 35.5. The van der Waals surface area contributed by atoms with Gasteiger partial charge in [0.25, 0.3) is 5.91 Å². The van der Waals surface area contributed by atoms with Crippen LogP contribution >= 0.6 is 11.6 Å². The molecule has 0 aliphatic heterocycles. The summed E-state index contributed by atoms with van der Waals surface area (Å²) in [6.07, 6.45) is 4.93. The third-order valence-electron chi connectivity index (χ3n) is 6.93. The summed E-state index contributed by atoms with van der Waals surface area (Å²) in [6.45, 7) is 3.05. The van der Waals surface area contributed by atoms with Crippen LogP contribution in [0.4, 0.5) is 11.6 Å². The number of nitrogens with zero attached hydrogens (tertiary/aromatic N) is 2.